The summed E-state index contributed by atoms with van der Waals surface area (Å²) in [5.41, 5.74) is -0.166. The lowest BCUT2D eigenvalue weighted by atomic mass is 9.87. The van der Waals surface area contributed by atoms with Crippen LogP contribution in [0.15, 0.2) is 23.4 Å². The van der Waals surface area contributed by atoms with Gasteiger partial charge in [-0.25, -0.2) is 13.1 Å². The molecule has 0 saturated heterocycles. The lowest BCUT2D eigenvalue weighted by Gasteiger charge is -2.25. The highest BCUT2D eigenvalue weighted by molar-refractivity contribution is 7.89. The molecule has 19 heavy (non-hydrogen) atoms. The molecule has 0 aliphatic heterocycles. The Hall–Kier alpha value is -1.34. The standard InChI is InChI=1S/C12H20N2O4S/c1-12(2,3)7-9(6-11(15)16)14-19(17,18)10-4-5-13-8-10/h4-5,8-9,13-14H,6-7H2,1-3H3,(H,15,16). The third kappa shape index (κ3) is 5.44. The highest BCUT2D eigenvalue weighted by Gasteiger charge is 2.26. The number of hydrogen-bond donors (Lipinski definition) is 3. The van der Waals surface area contributed by atoms with Crippen LogP contribution in [-0.2, 0) is 14.8 Å². The molecule has 1 rings (SSSR count). The van der Waals surface area contributed by atoms with E-state index in [1.807, 2.05) is 20.8 Å². The van der Waals surface area contributed by atoms with Crippen molar-refractivity contribution in [3.63, 3.8) is 0 Å². The van der Waals surface area contributed by atoms with Gasteiger partial charge in [-0.05, 0) is 17.9 Å². The summed E-state index contributed by atoms with van der Waals surface area (Å²) in [6, 6.07) is 0.800. The van der Waals surface area contributed by atoms with Gasteiger partial charge in [0.15, 0.2) is 0 Å². The van der Waals surface area contributed by atoms with Crippen molar-refractivity contribution in [2.75, 3.05) is 0 Å². The van der Waals surface area contributed by atoms with Crippen LogP contribution in [0.25, 0.3) is 0 Å². The number of aliphatic carboxylic acids is 1. The molecule has 0 aromatic carbocycles. The minimum Gasteiger partial charge on any atom is -0.481 e. The Morgan fingerprint density at radius 1 is 1.47 bits per heavy atom. The van der Waals surface area contributed by atoms with Gasteiger partial charge >= 0.3 is 5.97 Å². The molecule has 0 aliphatic carbocycles. The number of aromatic amines is 1. The third-order valence-electron chi connectivity index (χ3n) is 2.48. The SMILES string of the molecule is CC(C)(C)CC(CC(=O)O)NS(=O)(=O)c1cc[nH]c1. The second-order valence-electron chi connectivity index (χ2n) is 5.73. The monoisotopic (exact) mass is 288 g/mol. The number of carbonyl (C=O) groups is 1. The first-order valence-electron chi connectivity index (χ1n) is 5.97. The van der Waals surface area contributed by atoms with Crippen molar-refractivity contribution >= 4 is 16.0 Å². The molecule has 108 valence electrons. The van der Waals surface area contributed by atoms with E-state index in [0.717, 1.165) is 0 Å². The smallest absolute Gasteiger partial charge is 0.304 e. The molecule has 0 fully saturated rings. The number of rotatable bonds is 6. The van der Waals surface area contributed by atoms with Crippen molar-refractivity contribution in [2.24, 2.45) is 5.41 Å². The molecule has 1 atom stereocenters. The zero-order valence-electron chi connectivity index (χ0n) is 11.3. The molecular formula is C12H20N2O4S. The Morgan fingerprint density at radius 2 is 2.11 bits per heavy atom. The van der Waals surface area contributed by atoms with Gasteiger partial charge < -0.3 is 10.1 Å². The zero-order chi connectivity index (χ0) is 14.7. The summed E-state index contributed by atoms with van der Waals surface area (Å²) in [5.74, 6) is -1.02. The Kier molecular flexibility index (Phi) is 4.75. The molecule has 6 nitrogen and oxygen atoms in total. The first-order valence-corrected chi connectivity index (χ1v) is 7.45. The lowest BCUT2D eigenvalue weighted by molar-refractivity contribution is -0.137. The molecule has 1 aromatic heterocycles. The molecule has 1 heterocycles. The number of carboxylic acids is 1. The number of aromatic nitrogens is 1. The molecule has 0 saturated carbocycles. The van der Waals surface area contributed by atoms with Crippen LogP contribution in [0.5, 0.6) is 0 Å². The summed E-state index contributed by atoms with van der Waals surface area (Å²) in [4.78, 5) is 13.6. The molecule has 1 unspecified atom stereocenters. The largest absolute Gasteiger partial charge is 0.481 e. The molecule has 3 N–H and O–H groups in total. The Morgan fingerprint density at radius 3 is 2.53 bits per heavy atom. The summed E-state index contributed by atoms with van der Waals surface area (Å²) >= 11 is 0. The van der Waals surface area contributed by atoms with Crippen LogP contribution < -0.4 is 4.72 Å². The van der Waals surface area contributed by atoms with Gasteiger partial charge in [0.05, 0.1) is 11.3 Å². The fourth-order valence-corrected chi connectivity index (χ4v) is 3.08. The second-order valence-corrected chi connectivity index (χ2v) is 7.44. The molecule has 0 aliphatic rings. The number of H-pyrrole nitrogens is 1. The summed E-state index contributed by atoms with van der Waals surface area (Å²) in [5, 5.41) is 8.87. The van der Waals surface area contributed by atoms with E-state index < -0.39 is 22.0 Å². The van der Waals surface area contributed by atoms with E-state index in [2.05, 4.69) is 9.71 Å². The van der Waals surface area contributed by atoms with Crippen molar-refractivity contribution in [1.29, 1.82) is 0 Å². The van der Waals surface area contributed by atoms with Crippen molar-refractivity contribution in [1.82, 2.24) is 9.71 Å². The number of nitrogens with one attached hydrogen (secondary N) is 2. The summed E-state index contributed by atoms with van der Waals surface area (Å²) < 4.78 is 26.5. The maximum absolute atomic E-state index is 12.0. The Balaban J connectivity index is 2.85. The minimum absolute atomic E-state index is 0.108. The topological polar surface area (TPSA) is 99.3 Å². The molecule has 0 bridgehead atoms. The molecular weight excluding hydrogens is 268 g/mol. The van der Waals surface area contributed by atoms with E-state index in [1.165, 1.54) is 18.5 Å². The van der Waals surface area contributed by atoms with Crippen LogP contribution in [0.2, 0.25) is 0 Å². The van der Waals surface area contributed by atoms with Crippen LogP contribution in [0, 0.1) is 5.41 Å². The van der Waals surface area contributed by atoms with Gasteiger partial charge in [-0.2, -0.15) is 0 Å². The predicted molar refractivity (Wildman–Crippen MR) is 71.2 cm³/mol. The maximum atomic E-state index is 12.0. The van der Waals surface area contributed by atoms with E-state index in [4.69, 9.17) is 5.11 Å². The average Bonchev–Trinajstić information content (AvgIpc) is 2.64. The van der Waals surface area contributed by atoms with Gasteiger partial charge in [-0.3, -0.25) is 4.79 Å². The lowest BCUT2D eigenvalue weighted by Crippen LogP contribution is -2.38. The van der Waals surface area contributed by atoms with Crippen LogP contribution >= 0.6 is 0 Å². The molecule has 0 radical (unpaired) electrons. The number of sulfonamides is 1. The van der Waals surface area contributed by atoms with Crippen LogP contribution in [0.4, 0.5) is 0 Å². The van der Waals surface area contributed by atoms with Gasteiger partial charge in [0.2, 0.25) is 10.0 Å². The van der Waals surface area contributed by atoms with Gasteiger partial charge in [0.1, 0.15) is 0 Å². The third-order valence-corrected chi connectivity index (χ3v) is 4.00. The van der Waals surface area contributed by atoms with Crippen molar-refractivity contribution in [2.45, 2.75) is 44.6 Å². The summed E-state index contributed by atoms with van der Waals surface area (Å²) in [7, 11) is -3.68. The van der Waals surface area contributed by atoms with Gasteiger partial charge in [0, 0.05) is 18.4 Å². The molecule has 7 heteroatoms. The molecule has 0 amide bonds. The number of carboxylic acid groups (broad SMARTS) is 1. The maximum Gasteiger partial charge on any atom is 0.304 e. The van der Waals surface area contributed by atoms with Crippen molar-refractivity contribution in [3.05, 3.63) is 18.5 Å². The highest BCUT2D eigenvalue weighted by atomic mass is 32.2. The predicted octanol–water partition coefficient (Wildman–Crippen LogP) is 1.57. The van der Waals surface area contributed by atoms with E-state index >= 15 is 0 Å². The fourth-order valence-electron chi connectivity index (χ4n) is 1.87. The normalized spacial score (nSPS) is 14.3. The van der Waals surface area contributed by atoms with Crippen LogP contribution in [-0.4, -0.2) is 30.5 Å². The number of hydrogen-bond acceptors (Lipinski definition) is 3. The minimum atomic E-state index is -3.68. The molecule has 0 spiro atoms. The van der Waals surface area contributed by atoms with Crippen LogP contribution in [0.1, 0.15) is 33.6 Å². The highest BCUT2D eigenvalue weighted by Crippen LogP contribution is 2.23. The Bertz CT molecular complexity index is 514. The first-order chi connectivity index (χ1) is 8.60. The van der Waals surface area contributed by atoms with E-state index in [-0.39, 0.29) is 16.7 Å². The van der Waals surface area contributed by atoms with E-state index in [0.29, 0.717) is 6.42 Å². The average molecular weight is 288 g/mol. The van der Waals surface area contributed by atoms with Gasteiger partial charge in [-0.1, -0.05) is 20.8 Å². The van der Waals surface area contributed by atoms with Gasteiger partial charge in [-0.15, -0.1) is 0 Å². The Labute approximate surface area is 113 Å². The second kappa shape index (κ2) is 5.75. The summed E-state index contributed by atoms with van der Waals surface area (Å²) in [6.07, 6.45) is 3.08. The zero-order valence-corrected chi connectivity index (χ0v) is 12.1. The quantitative estimate of drug-likeness (QED) is 0.740. The van der Waals surface area contributed by atoms with E-state index in [9.17, 15) is 13.2 Å². The van der Waals surface area contributed by atoms with Crippen molar-refractivity contribution in [3.8, 4) is 0 Å². The fraction of sp³-hybridized carbons (Fsp3) is 0.583. The van der Waals surface area contributed by atoms with E-state index in [1.54, 1.807) is 0 Å². The van der Waals surface area contributed by atoms with Gasteiger partial charge in [0.25, 0.3) is 0 Å². The van der Waals surface area contributed by atoms with Crippen molar-refractivity contribution < 1.29 is 18.3 Å². The molecule has 1 aromatic rings. The summed E-state index contributed by atoms with van der Waals surface area (Å²) in [6.45, 7) is 5.81. The van der Waals surface area contributed by atoms with Crippen LogP contribution in [0.3, 0.4) is 0 Å². The first kappa shape index (κ1) is 15.7.